The predicted octanol–water partition coefficient (Wildman–Crippen LogP) is 10.2. The van der Waals surface area contributed by atoms with E-state index in [9.17, 15) is 18.0 Å². The number of carbonyl (C=O) groups is 2. The third-order valence-electron chi connectivity index (χ3n) is 8.74. The standard InChI is InChI=1S/C46H42O8S/c47-45(15-7-9-33-51-39-21-17-37(18-22-39)35-11-3-1-4-12-35)53-41-25-29-43(30-26-41)55(49,50)44-31-27-42(28-32-44)54-46(48)16-8-10-34-52-40-23-19-38(20-24-40)36-13-5-2-6-14-36/h1-6,11-14,17-32H,7-10,15-16,33-34H2. The second-order valence-electron chi connectivity index (χ2n) is 12.8. The van der Waals surface area contributed by atoms with Crippen molar-refractivity contribution in [2.24, 2.45) is 0 Å². The van der Waals surface area contributed by atoms with Gasteiger partial charge in [0.25, 0.3) is 0 Å². The summed E-state index contributed by atoms with van der Waals surface area (Å²) in [6, 6.07) is 47.4. The summed E-state index contributed by atoms with van der Waals surface area (Å²) in [5.41, 5.74) is 4.51. The van der Waals surface area contributed by atoms with Crippen LogP contribution in [0.4, 0.5) is 0 Å². The van der Waals surface area contributed by atoms with Gasteiger partial charge < -0.3 is 18.9 Å². The zero-order valence-electron chi connectivity index (χ0n) is 30.3. The molecule has 0 aliphatic heterocycles. The van der Waals surface area contributed by atoms with Crippen LogP contribution in [0.15, 0.2) is 168 Å². The molecule has 0 fully saturated rings. The fourth-order valence-electron chi connectivity index (χ4n) is 5.75. The molecule has 0 unspecified atom stereocenters. The van der Waals surface area contributed by atoms with Crippen LogP contribution in [0.2, 0.25) is 0 Å². The van der Waals surface area contributed by atoms with Gasteiger partial charge in [-0.3, -0.25) is 9.59 Å². The minimum atomic E-state index is -3.86. The van der Waals surface area contributed by atoms with Crippen LogP contribution in [0.3, 0.4) is 0 Å². The van der Waals surface area contributed by atoms with E-state index in [2.05, 4.69) is 24.3 Å². The largest absolute Gasteiger partial charge is 0.494 e. The first-order valence-electron chi connectivity index (χ1n) is 18.3. The SMILES string of the molecule is O=C(CCCCOc1ccc(-c2ccccc2)cc1)Oc1ccc(S(=O)(=O)c2ccc(OC(=O)CCCCOc3ccc(-c4ccccc4)cc3)cc2)cc1. The Morgan fingerprint density at radius 3 is 1.07 bits per heavy atom. The molecule has 0 amide bonds. The Balaban J connectivity index is 0.864. The topological polar surface area (TPSA) is 105 Å². The Morgan fingerprint density at radius 2 is 0.709 bits per heavy atom. The number of rotatable bonds is 18. The van der Waals surface area contributed by atoms with Crippen molar-refractivity contribution in [3.8, 4) is 45.3 Å². The maximum Gasteiger partial charge on any atom is 0.311 e. The van der Waals surface area contributed by atoms with Gasteiger partial charge in [0.2, 0.25) is 9.84 Å². The summed E-state index contributed by atoms with van der Waals surface area (Å²) in [5.74, 6) is 1.22. The van der Waals surface area contributed by atoms with Crippen molar-refractivity contribution in [2.45, 2.75) is 48.3 Å². The maximum atomic E-state index is 13.2. The Kier molecular flexibility index (Phi) is 13.5. The lowest BCUT2D eigenvalue weighted by molar-refractivity contribution is -0.135. The number of sulfone groups is 1. The summed E-state index contributed by atoms with van der Waals surface area (Å²) in [4.78, 5) is 24.9. The van der Waals surface area contributed by atoms with Crippen LogP contribution in [0.25, 0.3) is 22.3 Å². The van der Waals surface area contributed by atoms with Crippen LogP contribution in [0.1, 0.15) is 38.5 Å². The summed E-state index contributed by atoms with van der Waals surface area (Å²) in [7, 11) is -3.86. The van der Waals surface area contributed by atoms with E-state index < -0.39 is 21.8 Å². The van der Waals surface area contributed by atoms with Crippen LogP contribution in [0, 0.1) is 0 Å². The van der Waals surface area contributed by atoms with Gasteiger partial charge in [-0.2, -0.15) is 0 Å². The lowest BCUT2D eigenvalue weighted by Crippen LogP contribution is -2.09. The monoisotopic (exact) mass is 754 g/mol. The number of ether oxygens (including phenoxy) is 4. The minimum absolute atomic E-state index is 0.0420. The molecule has 0 heterocycles. The lowest BCUT2D eigenvalue weighted by Gasteiger charge is -2.09. The normalized spacial score (nSPS) is 11.1. The van der Waals surface area contributed by atoms with Crippen molar-refractivity contribution in [3.05, 3.63) is 158 Å². The van der Waals surface area contributed by atoms with E-state index in [0.29, 0.717) is 38.9 Å². The van der Waals surface area contributed by atoms with Gasteiger partial charge in [-0.1, -0.05) is 84.9 Å². The Labute approximate surface area is 322 Å². The van der Waals surface area contributed by atoms with E-state index in [1.165, 1.54) is 48.5 Å². The molecule has 55 heavy (non-hydrogen) atoms. The summed E-state index contributed by atoms with van der Waals surface area (Å²) in [6.45, 7) is 0.938. The van der Waals surface area contributed by atoms with Crippen LogP contribution < -0.4 is 18.9 Å². The van der Waals surface area contributed by atoms with Gasteiger partial charge in [0, 0.05) is 12.8 Å². The molecule has 0 aliphatic rings. The number of esters is 2. The molecule has 0 N–H and O–H groups in total. The molecule has 0 aromatic heterocycles. The van der Waals surface area contributed by atoms with Crippen molar-refractivity contribution in [3.63, 3.8) is 0 Å². The molecule has 0 atom stereocenters. The third kappa shape index (κ3) is 11.4. The zero-order valence-corrected chi connectivity index (χ0v) is 31.2. The molecule has 6 aromatic carbocycles. The minimum Gasteiger partial charge on any atom is -0.494 e. The fourth-order valence-corrected chi connectivity index (χ4v) is 7.01. The van der Waals surface area contributed by atoms with E-state index >= 15 is 0 Å². The Hall–Kier alpha value is -6.19. The van der Waals surface area contributed by atoms with Crippen molar-refractivity contribution < 1.29 is 37.0 Å². The first kappa shape index (κ1) is 38.5. The summed E-state index contributed by atoms with van der Waals surface area (Å²) < 4.78 is 48.9. The van der Waals surface area contributed by atoms with Gasteiger partial charge in [0.15, 0.2) is 0 Å². The first-order chi connectivity index (χ1) is 26.8. The maximum absolute atomic E-state index is 13.2. The highest BCUT2D eigenvalue weighted by Gasteiger charge is 2.19. The van der Waals surface area contributed by atoms with Crippen molar-refractivity contribution in [1.29, 1.82) is 0 Å². The summed E-state index contributed by atoms with van der Waals surface area (Å²) >= 11 is 0. The lowest BCUT2D eigenvalue weighted by atomic mass is 10.1. The van der Waals surface area contributed by atoms with Crippen LogP contribution in [-0.2, 0) is 19.4 Å². The number of carbonyl (C=O) groups excluding carboxylic acids is 2. The van der Waals surface area contributed by atoms with Gasteiger partial charge in [-0.25, -0.2) is 8.42 Å². The second kappa shape index (κ2) is 19.2. The quantitative estimate of drug-likeness (QED) is 0.0485. The van der Waals surface area contributed by atoms with Gasteiger partial charge in [-0.15, -0.1) is 0 Å². The summed E-state index contributed by atoms with van der Waals surface area (Å²) in [5, 5.41) is 0. The van der Waals surface area contributed by atoms with E-state index in [4.69, 9.17) is 18.9 Å². The molecule has 8 nitrogen and oxygen atoms in total. The zero-order chi connectivity index (χ0) is 38.3. The average Bonchev–Trinajstić information content (AvgIpc) is 3.22. The second-order valence-corrected chi connectivity index (χ2v) is 14.7. The smallest absolute Gasteiger partial charge is 0.311 e. The molecule has 0 radical (unpaired) electrons. The van der Waals surface area contributed by atoms with Gasteiger partial charge >= 0.3 is 11.9 Å². The molecular weight excluding hydrogens is 713 g/mol. The molecule has 6 rings (SSSR count). The van der Waals surface area contributed by atoms with Crippen LogP contribution >= 0.6 is 0 Å². The Morgan fingerprint density at radius 1 is 0.382 bits per heavy atom. The van der Waals surface area contributed by atoms with Gasteiger partial charge in [-0.05, 0) is 121 Å². The molecular formula is C46H42O8S. The molecule has 0 spiro atoms. The number of unbranched alkanes of at least 4 members (excludes halogenated alkanes) is 2. The molecule has 0 aliphatic carbocycles. The van der Waals surface area contributed by atoms with Gasteiger partial charge in [0.05, 0.1) is 23.0 Å². The van der Waals surface area contributed by atoms with E-state index in [-0.39, 0.29) is 34.1 Å². The van der Waals surface area contributed by atoms with E-state index in [1.54, 1.807) is 0 Å². The van der Waals surface area contributed by atoms with Crippen LogP contribution in [-0.4, -0.2) is 33.6 Å². The number of benzene rings is 6. The van der Waals surface area contributed by atoms with Crippen molar-refractivity contribution >= 4 is 21.8 Å². The molecule has 9 heteroatoms. The van der Waals surface area contributed by atoms with Crippen molar-refractivity contribution in [2.75, 3.05) is 13.2 Å². The third-order valence-corrected chi connectivity index (χ3v) is 10.5. The number of hydrogen-bond acceptors (Lipinski definition) is 8. The van der Waals surface area contributed by atoms with Crippen molar-refractivity contribution in [1.82, 2.24) is 0 Å². The highest BCUT2D eigenvalue weighted by molar-refractivity contribution is 7.91. The van der Waals surface area contributed by atoms with Crippen LogP contribution in [0.5, 0.6) is 23.0 Å². The average molecular weight is 755 g/mol. The molecule has 0 saturated heterocycles. The highest BCUT2D eigenvalue weighted by atomic mass is 32.2. The highest BCUT2D eigenvalue weighted by Crippen LogP contribution is 2.27. The number of hydrogen-bond donors (Lipinski definition) is 0. The Bertz CT molecular complexity index is 2060. The molecule has 0 bridgehead atoms. The molecule has 6 aromatic rings. The van der Waals surface area contributed by atoms with E-state index in [1.807, 2.05) is 84.9 Å². The molecule has 280 valence electrons. The first-order valence-corrected chi connectivity index (χ1v) is 19.7. The predicted molar refractivity (Wildman–Crippen MR) is 212 cm³/mol. The molecule has 0 saturated carbocycles. The summed E-state index contributed by atoms with van der Waals surface area (Å²) in [6.07, 6.45) is 2.91. The van der Waals surface area contributed by atoms with Gasteiger partial charge in [0.1, 0.15) is 23.0 Å². The van der Waals surface area contributed by atoms with E-state index in [0.717, 1.165) is 33.8 Å². The fraction of sp³-hybridized carbons (Fsp3) is 0.174.